The molecule has 0 aromatic carbocycles. The summed E-state index contributed by atoms with van der Waals surface area (Å²) in [5.41, 5.74) is 16.9. The van der Waals surface area contributed by atoms with Gasteiger partial charge >= 0.3 is 5.97 Å². The van der Waals surface area contributed by atoms with Gasteiger partial charge in [-0.25, -0.2) is 14.8 Å². The van der Waals surface area contributed by atoms with Gasteiger partial charge < -0.3 is 32.8 Å². The van der Waals surface area contributed by atoms with Crippen molar-refractivity contribution in [3.63, 3.8) is 0 Å². The Labute approximate surface area is 235 Å². The predicted octanol–water partition coefficient (Wildman–Crippen LogP) is 1.28. The summed E-state index contributed by atoms with van der Waals surface area (Å²) in [5, 5.41) is 24.5. The zero-order valence-electron chi connectivity index (χ0n) is 18.5. The van der Waals surface area contributed by atoms with Crippen LogP contribution >= 0.6 is 69.6 Å². The van der Waals surface area contributed by atoms with E-state index in [-0.39, 0.29) is 26.6 Å². The van der Waals surface area contributed by atoms with Crippen molar-refractivity contribution in [1.82, 2.24) is 20.2 Å². The van der Waals surface area contributed by atoms with Gasteiger partial charge in [-0.2, -0.15) is 11.8 Å². The first kappa shape index (κ1) is 27.8. The Balaban J connectivity index is 1.52. The van der Waals surface area contributed by atoms with Gasteiger partial charge in [-0.05, 0) is 0 Å². The van der Waals surface area contributed by atoms with Gasteiger partial charge in [0.25, 0.3) is 11.8 Å². The number of thiazole rings is 2. The van der Waals surface area contributed by atoms with Crippen molar-refractivity contribution < 1.29 is 24.7 Å². The second-order valence-corrected chi connectivity index (χ2v) is 13.5. The number of thioether (sulfide) groups is 3. The third-order valence-corrected chi connectivity index (χ3v) is 10.7. The highest BCUT2D eigenvalue weighted by Crippen LogP contribution is 2.47. The molecule has 0 aliphatic carbocycles. The number of nitrogen functional groups attached to an aromatic ring is 2. The van der Waals surface area contributed by atoms with Crippen LogP contribution in [0.5, 0.6) is 0 Å². The lowest BCUT2D eigenvalue weighted by Crippen LogP contribution is -2.71. The molecule has 2 amide bonds. The van der Waals surface area contributed by atoms with Crippen molar-refractivity contribution >= 4 is 103 Å². The molecule has 1 fully saturated rings. The second kappa shape index (κ2) is 11.7. The number of carboxylic acids is 1. The lowest BCUT2D eigenvalue weighted by molar-refractivity contribution is -0.150. The van der Waals surface area contributed by atoms with E-state index in [2.05, 4.69) is 20.4 Å². The van der Waals surface area contributed by atoms with Crippen molar-refractivity contribution in [2.45, 2.75) is 21.4 Å². The first-order valence-corrected chi connectivity index (χ1v) is 15.3. The van der Waals surface area contributed by atoms with Gasteiger partial charge in [0, 0.05) is 28.7 Å². The summed E-state index contributed by atoms with van der Waals surface area (Å²) in [6, 6.07) is -1.05. The molecule has 0 spiro atoms. The number of aromatic nitrogens is 2. The molecule has 9 N–H and O–H groups in total. The SMILES string of the molecule is NCCSCc1nc(N)sc1SC1=C(C(=O)O)N2C(=O)[C@@H](NC(=O)/C(=N/O)c3nc(N)sc3Cl)[C@H]2SC1. The van der Waals surface area contributed by atoms with E-state index in [0.29, 0.717) is 22.3 Å². The molecule has 4 heterocycles. The van der Waals surface area contributed by atoms with Crippen LogP contribution in [0.15, 0.2) is 20.0 Å². The molecule has 4 rings (SSSR count). The largest absolute Gasteiger partial charge is 0.477 e. The summed E-state index contributed by atoms with van der Waals surface area (Å²) >= 11 is 12.2. The summed E-state index contributed by atoms with van der Waals surface area (Å²) in [6.07, 6.45) is 0. The standard InChI is InChI=1S/C18H19ClN8O5S5/c19-11-7(25-18(22)36-11)8(26-32)12(28)24-9-13(29)27-10(15(30)31)6(4-34-14(9)27)35-16-5(3-33-2-1-20)23-17(21)37-16/h9,14,32H,1-4,20H2,(H2,21,23)(H2,22,25)(H,24,28)(H,30,31)/b26-8+/t9-,14-/m1/s1. The third-order valence-electron chi connectivity index (χ3n) is 4.96. The molecule has 0 saturated carbocycles. The summed E-state index contributed by atoms with van der Waals surface area (Å²) in [6.45, 7) is 0.518. The minimum atomic E-state index is -1.27. The maximum Gasteiger partial charge on any atom is 0.353 e. The van der Waals surface area contributed by atoms with E-state index in [1.807, 2.05) is 0 Å². The van der Waals surface area contributed by atoms with Crippen LogP contribution in [-0.2, 0) is 20.1 Å². The van der Waals surface area contributed by atoms with Gasteiger partial charge in [0.2, 0.25) is 0 Å². The van der Waals surface area contributed by atoms with Crippen molar-refractivity contribution in [3.05, 3.63) is 26.3 Å². The summed E-state index contributed by atoms with van der Waals surface area (Å²) in [5.74, 6) is -1.22. The van der Waals surface area contributed by atoms with E-state index in [9.17, 15) is 24.7 Å². The molecule has 2 aromatic heterocycles. The Morgan fingerprint density at radius 3 is 2.62 bits per heavy atom. The van der Waals surface area contributed by atoms with Gasteiger partial charge in [0.1, 0.15) is 27.1 Å². The number of halogens is 1. The topological polar surface area (TPSA) is 223 Å². The number of hydrogen-bond acceptors (Lipinski definition) is 15. The number of nitrogens with one attached hydrogen (secondary N) is 1. The molecule has 2 aromatic rings. The van der Waals surface area contributed by atoms with Crippen LogP contribution in [0.2, 0.25) is 4.34 Å². The fourth-order valence-corrected chi connectivity index (χ4v) is 8.94. The lowest BCUT2D eigenvalue weighted by Gasteiger charge is -2.49. The van der Waals surface area contributed by atoms with E-state index in [1.165, 1.54) is 34.9 Å². The fourth-order valence-electron chi connectivity index (χ4n) is 3.43. The highest BCUT2D eigenvalue weighted by Gasteiger charge is 2.54. The number of β-lactam (4-membered cyclic amide) rings is 1. The number of rotatable bonds is 10. The van der Waals surface area contributed by atoms with E-state index >= 15 is 0 Å². The Kier molecular flexibility index (Phi) is 8.77. The lowest BCUT2D eigenvalue weighted by atomic mass is 10.0. The number of carboxylic acid groups (broad SMARTS) is 1. The molecular weight excluding hydrogens is 604 g/mol. The number of oxime groups is 1. The maximum atomic E-state index is 13.0. The number of amides is 2. The summed E-state index contributed by atoms with van der Waals surface area (Å²) in [4.78, 5) is 47.8. The Hall–Kier alpha value is -2.22. The smallest absolute Gasteiger partial charge is 0.353 e. The number of nitrogens with two attached hydrogens (primary N) is 3. The first-order chi connectivity index (χ1) is 17.7. The van der Waals surface area contributed by atoms with Crippen LogP contribution in [0.4, 0.5) is 10.3 Å². The predicted molar refractivity (Wildman–Crippen MR) is 147 cm³/mol. The second-order valence-electron chi connectivity index (χ2n) is 7.29. The molecule has 37 heavy (non-hydrogen) atoms. The van der Waals surface area contributed by atoms with Crippen LogP contribution in [0.3, 0.4) is 0 Å². The zero-order chi connectivity index (χ0) is 26.9. The third kappa shape index (κ3) is 5.64. The van der Waals surface area contributed by atoms with Crippen LogP contribution in [0, 0.1) is 0 Å². The van der Waals surface area contributed by atoms with E-state index in [0.717, 1.165) is 31.9 Å². The highest BCUT2D eigenvalue weighted by molar-refractivity contribution is 8.07. The molecule has 0 radical (unpaired) electrons. The fraction of sp³-hybridized carbons (Fsp3) is 0.333. The number of fused-ring (bicyclic) bond motifs is 1. The van der Waals surface area contributed by atoms with Crippen LogP contribution in [-0.4, -0.2) is 78.1 Å². The molecule has 198 valence electrons. The number of carbonyl (C=O) groups excluding carboxylic acids is 2. The van der Waals surface area contributed by atoms with E-state index in [4.69, 9.17) is 28.8 Å². The molecule has 13 nitrogen and oxygen atoms in total. The molecule has 19 heteroatoms. The maximum absolute atomic E-state index is 13.0. The molecule has 2 aliphatic heterocycles. The van der Waals surface area contributed by atoms with Crippen LogP contribution in [0.1, 0.15) is 11.4 Å². The van der Waals surface area contributed by atoms with Crippen molar-refractivity contribution in [1.29, 1.82) is 0 Å². The molecule has 2 atom stereocenters. The van der Waals surface area contributed by atoms with Crippen molar-refractivity contribution in [2.75, 3.05) is 29.5 Å². The molecule has 2 aliphatic rings. The molecule has 0 bridgehead atoms. The summed E-state index contributed by atoms with van der Waals surface area (Å²) in [7, 11) is 0. The van der Waals surface area contributed by atoms with Gasteiger partial charge in [-0.15, -0.1) is 11.8 Å². The Bertz CT molecular complexity index is 1310. The average Bonchev–Trinajstić information content (AvgIpc) is 3.37. The van der Waals surface area contributed by atoms with Gasteiger partial charge in [-0.1, -0.05) is 51.2 Å². The van der Waals surface area contributed by atoms with E-state index in [1.54, 1.807) is 11.8 Å². The van der Waals surface area contributed by atoms with Crippen molar-refractivity contribution in [3.8, 4) is 0 Å². The number of hydrogen-bond donors (Lipinski definition) is 6. The van der Waals surface area contributed by atoms with Gasteiger partial charge in [0.05, 0.1) is 9.90 Å². The number of nitrogens with zero attached hydrogens (tertiary/aromatic N) is 4. The Morgan fingerprint density at radius 2 is 2.00 bits per heavy atom. The van der Waals surface area contributed by atoms with Crippen molar-refractivity contribution in [2.24, 2.45) is 10.9 Å². The summed E-state index contributed by atoms with van der Waals surface area (Å²) < 4.78 is 0.784. The first-order valence-electron chi connectivity index (χ1n) is 10.2. The van der Waals surface area contributed by atoms with Gasteiger partial charge in [-0.3, -0.25) is 14.5 Å². The molecule has 0 unspecified atom stereocenters. The molecular formula is C18H19ClN8O5S5. The molecule has 1 saturated heterocycles. The van der Waals surface area contributed by atoms with E-state index < -0.39 is 34.9 Å². The monoisotopic (exact) mass is 622 g/mol. The van der Waals surface area contributed by atoms with Gasteiger partial charge in [0.15, 0.2) is 16.0 Å². The average molecular weight is 623 g/mol. The normalized spacial score (nSPS) is 19.6. The number of carbonyl (C=O) groups is 3. The van der Waals surface area contributed by atoms with Crippen LogP contribution in [0.25, 0.3) is 0 Å². The minimum Gasteiger partial charge on any atom is -0.477 e. The quantitative estimate of drug-likeness (QED) is 0.0723. The van der Waals surface area contributed by atoms with Crippen LogP contribution < -0.4 is 22.5 Å². The Morgan fingerprint density at radius 1 is 1.27 bits per heavy atom. The zero-order valence-corrected chi connectivity index (χ0v) is 23.4. The number of anilines is 2. The number of aliphatic carboxylic acids is 1. The highest BCUT2D eigenvalue weighted by atomic mass is 35.5. The minimum absolute atomic E-state index is 0.0383.